The molecule has 8 heteroatoms. The van der Waals surface area contributed by atoms with Crippen LogP contribution in [-0.2, 0) is 19.2 Å². The average molecular weight is 330 g/mol. The molecule has 0 spiro atoms. The first-order valence-corrected chi connectivity index (χ1v) is 7.43. The van der Waals surface area contributed by atoms with Gasteiger partial charge in [-0.3, -0.25) is 9.59 Å². The molecule has 0 rings (SSSR count). The van der Waals surface area contributed by atoms with Crippen LogP contribution in [-0.4, -0.2) is 44.8 Å². The fraction of sp³-hybridized carbons (Fsp3) is 0.733. The molecule has 8 nitrogen and oxygen atoms in total. The molecule has 0 aliphatic heterocycles. The second-order valence-corrected chi connectivity index (χ2v) is 6.36. The molecule has 132 valence electrons. The van der Waals surface area contributed by atoms with E-state index in [1.807, 2.05) is 0 Å². The van der Waals surface area contributed by atoms with Gasteiger partial charge in [-0.05, 0) is 18.3 Å². The molecule has 2 unspecified atom stereocenters. The van der Waals surface area contributed by atoms with Gasteiger partial charge in [-0.25, -0.2) is 9.59 Å². The van der Waals surface area contributed by atoms with E-state index in [2.05, 4.69) is 0 Å². The van der Waals surface area contributed by atoms with Crippen LogP contribution >= 0.6 is 0 Å². The lowest BCUT2D eigenvalue weighted by molar-refractivity contribution is -0.151. The molecule has 0 aliphatic carbocycles. The van der Waals surface area contributed by atoms with Gasteiger partial charge in [0.2, 0.25) is 0 Å². The van der Waals surface area contributed by atoms with Crippen molar-refractivity contribution in [1.29, 1.82) is 0 Å². The standard InChI is InChI=1S/C15H26N2O6/c1-8(2)14(16,12(20)21)10(18)6-5-7-11(19)15(17,9(3)4)13(22)23/h8-9H,5-7,16-17H2,1-4H3,(H,20,21)(H,22,23). The van der Waals surface area contributed by atoms with Crippen LogP contribution < -0.4 is 11.5 Å². The Morgan fingerprint density at radius 3 is 1.22 bits per heavy atom. The predicted octanol–water partition coefficient (Wildman–Crippen LogP) is 0.171. The molecule has 6 N–H and O–H groups in total. The molecule has 0 bridgehead atoms. The number of hydrogen-bond acceptors (Lipinski definition) is 6. The topological polar surface area (TPSA) is 161 Å². The van der Waals surface area contributed by atoms with Crippen molar-refractivity contribution >= 4 is 23.5 Å². The average Bonchev–Trinajstić information content (AvgIpc) is 2.43. The summed E-state index contributed by atoms with van der Waals surface area (Å²) in [5, 5.41) is 18.3. The van der Waals surface area contributed by atoms with Crippen molar-refractivity contribution in [1.82, 2.24) is 0 Å². The van der Waals surface area contributed by atoms with Crippen LogP contribution in [0.25, 0.3) is 0 Å². The van der Waals surface area contributed by atoms with Crippen LogP contribution in [0.5, 0.6) is 0 Å². The number of ketones is 2. The van der Waals surface area contributed by atoms with Crippen LogP contribution in [0.3, 0.4) is 0 Å². The number of nitrogens with two attached hydrogens (primary N) is 2. The summed E-state index contributed by atoms with van der Waals surface area (Å²) in [5.74, 6) is -5.49. The quantitative estimate of drug-likeness (QED) is 0.412. The van der Waals surface area contributed by atoms with E-state index in [0.717, 1.165) is 0 Å². The van der Waals surface area contributed by atoms with E-state index in [9.17, 15) is 19.2 Å². The van der Waals surface area contributed by atoms with E-state index >= 15 is 0 Å². The third-order valence-electron chi connectivity index (χ3n) is 4.26. The third kappa shape index (κ3) is 4.14. The van der Waals surface area contributed by atoms with Crippen molar-refractivity contribution in [2.75, 3.05) is 0 Å². The number of Topliss-reactive ketones (excluding diaryl/α,β-unsaturated/α-hetero) is 2. The highest BCUT2D eigenvalue weighted by Gasteiger charge is 2.46. The number of hydrogen-bond donors (Lipinski definition) is 4. The minimum atomic E-state index is -2.02. The molecule has 0 aromatic carbocycles. The molecule has 0 heterocycles. The Balaban J connectivity index is 4.91. The van der Waals surface area contributed by atoms with Gasteiger partial charge in [0.05, 0.1) is 0 Å². The fourth-order valence-electron chi connectivity index (χ4n) is 2.20. The molecule has 0 fully saturated rings. The highest BCUT2D eigenvalue weighted by molar-refractivity contribution is 6.09. The Labute approximate surface area is 135 Å². The zero-order chi connectivity index (χ0) is 18.6. The maximum atomic E-state index is 12.1. The molecule has 0 aromatic rings. The highest BCUT2D eigenvalue weighted by atomic mass is 16.4. The number of carbonyl (C=O) groups is 4. The first-order chi connectivity index (χ1) is 10.3. The molecule has 0 saturated carbocycles. The molecule has 0 aliphatic rings. The Morgan fingerprint density at radius 2 is 1.04 bits per heavy atom. The summed E-state index contributed by atoms with van der Waals surface area (Å²) in [7, 11) is 0. The SMILES string of the molecule is CC(C)C(N)(C(=O)O)C(=O)CCCC(=O)C(N)(C(=O)O)C(C)C. The first kappa shape index (κ1) is 21.2. The van der Waals surface area contributed by atoms with Crippen LogP contribution in [0.4, 0.5) is 0 Å². The summed E-state index contributed by atoms with van der Waals surface area (Å²) >= 11 is 0. The summed E-state index contributed by atoms with van der Waals surface area (Å²) in [5.41, 5.74) is 7.31. The van der Waals surface area contributed by atoms with Crippen LogP contribution in [0.1, 0.15) is 47.0 Å². The molecule has 0 amide bonds. The van der Waals surface area contributed by atoms with E-state index in [1.54, 1.807) is 0 Å². The van der Waals surface area contributed by atoms with E-state index in [4.69, 9.17) is 21.7 Å². The van der Waals surface area contributed by atoms with E-state index in [0.29, 0.717) is 0 Å². The lowest BCUT2D eigenvalue weighted by Gasteiger charge is -2.28. The van der Waals surface area contributed by atoms with Crippen molar-refractivity contribution in [2.24, 2.45) is 23.3 Å². The van der Waals surface area contributed by atoms with Gasteiger partial charge in [-0.15, -0.1) is 0 Å². The molecule has 0 aromatic heterocycles. The van der Waals surface area contributed by atoms with Crippen molar-refractivity contribution in [3.63, 3.8) is 0 Å². The summed E-state index contributed by atoms with van der Waals surface area (Å²) in [6.45, 7) is 6.08. The zero-order valence-corrected chi connectivity index (χ0v) is 14.0. The summed E-state index contributed by atoms with van der Waals surface area (Å²) in [6, 6.07) is 0. The summed E-state index contributed by atoms with van der Waals surface area (Å²) in [4.78, 5) is 46.6. The van der Waals surface area contributed by atoms with Crippen molar-refractivity contribution in [3.8, 4) is 0 Å². The Hall–Kier alpha value is -1.80. The number of rotatable bonds is 10. The monoisotopic (exact) mass is 330 g/mol. The molecular weight excluding hydrogens is 304 g/mol. The van der Waals surface area contributed by atoms with Gasteiger partial charge in [-0.1, -0.05) is 27.7 Å². The van der Waals surface area contributed by atoms with E-state index in [1.165, 1.54) is 27.7 Å². The Kier molecular flexibility index (Phi) is 7.05. The van der Waals surface area contributed by atoms with E-state index < -0.39 is 46.4 Å². The molecular formula is C15H26N2O6. The maximum Gasteiger partial charge on any atom is 0.331 e. The summed E-state index contributed by atoms with van der Waals surface area (Å²) in [6.07, 6.45) is -0.476. The normalized spacial score (nSPS) is 16.7. The van der Waals surface area contributed by atoms with Gasteiger partial charge < -0.3 is 21.7 Å². The Morgan fingerprint density at radius 1 is 0.783 bits per heavy atom. The van der Waals surface area contributed by atoms with Crippen molar-refractivity contribution < 1.29 is 29.4 Å². The second kappa shape index (κ2) is 7.65. The first-order valence-electron chi connectivity index (χ1n) is 7.43. The van der Waals surface area contributed by atoms with Gasteiger partial charge >= 0.3 is 11.9 Å². The second-order valence-electron chi connectivity index (χ2n) is 6.36. The van der Waals surface area contributed by atoms with Crippen LogP contribution in [0.15, 0.2) is 0 Å². The smallest absolute Gasteiger partial charge is 0.331 e. The fourth-order valence-corrected chi connectivity index (χ4v) is 2.20. The minimum absolute atomic E-state index is 0.00440. The lowest BCUT2D eigenvalue weighted by atomic mass is 9.79. The number of carboxylic acids is 2. The molecule has 0 saturated heterocycles. The molecule has 2 atom stereocenters. The third-order valence-corrected chi connectivity index (χ3v) is 4.26. The molecule has 23 heavy (non-hydrogen) atoms. The van der Waals surface area contributed by atoms with Crippen LogP contribution in [0.2, 0.25) is 0 Å². The predicted molar refractivity (Wildman–Crippen MR) is 82.6 cm³/mol. The van der Waals surface area contributed by atoms with Gasteiger partial charge in [0, 0.05) is 12.8 Å². The largest absolute Gasteiger partial charge is 0.480 e. The number of carboxylic acid groups (broad SMARTS) is 2. The van der Waals surface area contributed by atoms with Crippen LogP contribution in [0, 0.1) is 11.8 Å². The van der Waals surface area contributed by atoms with Gasteiger partial charge in [0.15, 0.2) is 22.6 Å². The minimum Gasteiger partial charge on any atom is -0.480 e. The lowest BCUT2D eigenvalue weighted by Crippen LogP contribution is -2.59. The number of carbonyl (C=O) groups excluding carboxylic acids is 2. The van der Waals surface area contributed by atoms with Crippen molar-refractivity contribution in [3.05, 3.63) is 0 Å². The summed E-state index contributed by atoms with van der Waals surface area (Å²) < 4.78 is 0. The zero-order valence-electron chi connectivity index (χ0n) is 14.0. The van der Waals surface area contributed by atoms with Gasteiger partial charge in [0.1, 0.15) is 0 Å². The Bertz CT molecular complexity index is 458. The van der Waals surface area contributed by atoms with Gasteiger partial charge in [-0.2, -0.15) is 0 Å². The van der Waals surface area contributed by atoms with E-state index in [-0.39, 0.29) is 19.3 Å². The van der Waals surface area contributed by atoms with Crippen molar-refractivity contribution in [2.45, 2.75) is 58.0 Å². The highest BCUT2D eigenvalue weighted by Crippen LogP contribution is 2.22. The molecule has 0 radical (unpaired) electrons. The van der Waals surface area contributed by atoms with Gasteiger partial charge in [0.25, 0.3) is 0 Å². The maximum absolute atomic E-state index is 12.1. The number of aliphatic carboxylic acids is 2.